The maximum absolute atomic E-state index is 11.8. The summed E-state index contributed by atoms with van der Waals surface area (Å²) in [5, 5.41) is 10.1. The molecule has 0 amide bonds. The molecule has 8 nitrogen and oxygen atoms in total. The molecular formula is C16H19N5O3. The van der Waals surface area contributed by atoms with Crippen molar-refractivity contribution in [1.29, 1.82) is 0 Å². The molecule has 3 rings (SSSR count). The van der Waals surface area contributed by atoms with Crippen LogP contribution in [0.4, 0.5) is 5.95 Å². The van der Waals surface area contributed by atoms with Crippen LogP contribution >= 0.6 is 0 Å². The Balaban J connectivity index is 1.57. The summed E-state index contributed by atoms with van der Waals surface area (Å²) in [6, 6.07) is 5.88. The summed E-state index contributed by atoms with van der Waals surface area (Å²) in [4.78, 5) is 18.8. The van der Waals surface area contributed by atoms with Gasteiger partial charge < -0.3 is 14.8 Å². The molecule has 1 aromatic carbocycles. The molecule has 8 heteroatoms. The van der Waals surface area contributed by atoms with Crippen LogP contribution in [0.3, 0.4) is 0 Å². The highest BCUT2D eigenvalue weighted by Gasteiger charge is 2.06. The predicted octanol–water partition coefficient (Wildman–Crippen LogP) is 1.71. The number of hydrogen-bond acceptors (Lipinski definition) is 6. The predicted molar refractivity (Wildman–Crippen MR) is 90.9 cm³/mol. The van der Waals surface area contributed by atoms with Gasteiger partial charge in [-0.05, 0) is 30.5 Å². The second-order valence-electron chi connectivity index (χ2n) is 5.27. The molecule has 0 unspecified atom stereocenters. The van der Waals surface area contributed by atoms with Gasteiger partial charge in [0, 0.05) is 6.54 Å². The molecule has 3 aromatic rings. The number of anilines is 1. The van der Waals surface area contributed by atoms with Gasteiger partial charge in [-0.1, -0.05) is 6.07 Å². The number of ether oxygens (including phenoxy) is 2. The number of nitrogens with one attached hydrogen (secondary N) is 3. The second-order valence-corrected chi connectivity index (χ2v) is 5.27. The summed E-state index contributed by atoms with van der Waals surface area (Å²) >= 11 is 0. The van der Waals surface area contributed by atoms with Crippen molar-refractivity contribution in [3.8, 4) is 11.5 Å². The number of rotatable bonds is 7. The topological polar surface area (TPSA) is 105 Å². The molecule has 2 heterocycles. The summed E-state index contributed by atoms with van der Waals surface area (Å²) in [7, 11) is 3.24. The molecule has 0 aliphatic carbocycles. The van der Waals surface area contributed by atoms with Crippen molar-refractivity contribution in [1.82, 2.24) is 20.2 Å². The first-order valence-corrected chi connectivity index (χ1v) is 7.59. The Bertz CT molecular complexity index is 887. The molecule has 126 valence electrons. The third-order valence-corrected chi connectivity index (χ3v) is 3.70. The zero-order valence-corrected chi connectivity index (χ0v) is 13.5. The van der Waals surface area contributed by atoms with Crippen molar-refractivity contribution in [3.05, 3.63) is 40.3 Å². The highest BCUT2D eigenvalue weighted by atomic mass is 16.5. The number of aromatic amines is 2. The lowest BCUT2D eigenvalue weighted by atomic mass is 10.1. The van der Waals surface area contributed by atoms with Crippen LogP contribution in [0.25, 0.3) is 11.0 Å². The standard InChI is InChI=1S/C16H19N5O3/c1-23-12-6-5-10(8-13(12)24-2)4-3-7-17-16-19-14-11(9-18-21-14)15(22)20-16/h5-6,8-9H,3-4,7H2,1-2H3,(H3,17,18,19,20,21,22). The number of aromatic nitrogens is 4. The van der Waals surface area contributed by atoms with E-state index in [1.54, 1.807) is 14.2 Å². The van der Waals surface area contributed by atoms with Gasteiger partial charge in [0.25, 0.3) is 5.56 Å². The van der Waals surface area contributed by atoms with Gasteiger partial charge in [-0.3, -0.25) is 14.9 Å². The third kappa shape index (κ3) is 3.32. The number of benzene rings is 1. The minimum atomic E-state index is -0.212. The van der Waals surface area contributed by atoms with E-state index < -0.39 is 0 Å². The van der Waals surface area contributed by atoms with Crippen molar-refractivity contribution in [2.75, 3.05) is 26.1 Å². The minimum absolute atomic E-state index is 0.212. The van der Waals surface area contributed by atoms with Crippen LogP contribution in [0.2, 0.25) is 0 Å². The van der Waals surface area contributed by atoms with Crippen LogP contribution in [0, 0.1) is 0 Å². The average Bonchev–Trinajstić information content (AvgIpc) is 3.07. The second kappa shape index (κ2) is 7.03. The van der Waals surface area contributed by atoms with Crippen LogP contribution in [-0.2, 0) is 6.42 Å². The van der Waals surface area contributed by atoms with E-state index in [9.17, 15) is 4.79 Å². The van der Waals surface area contributed by atoms with Gasteiger partial charge in [0.15, 0.2) is 17.1 Å². The molecule has 0 saturated carbocycles. The Hall–Kier alpha value is -3.03. The van der Waals surface area contributed by atoms with Crippen LogP contribution in [-0.4, -0.2) is 40.9 Å². The molecule has 0 aliphatic rings. The van der Waals surface area contributed by atoms with Crippen LogP contribution in [0.5, 0.6) is 11.5 Å². The first-order valence-electron chi connectivity index (χ1n) is 7.59. The maximum Gasteiger partial charge on any atom is 0.263 e. The monoisotopic (exact) mass is 329 g/mol. The summed E-state index contributed by atoms with van der Waals surface area (Å²) < 4.78 is 10.5. The number of methoxy groups -OCH3 is 2. The van der Waals surface area contributed by atoms with Crippen LogP contribution in [0.1, 0.15) is 12.0 Å². The first kappa shape index (κ1) is 15.9. The molecule has 0 spiro atoms. The molecule has 0 aliphatic heterocycles. The smallest absolute Gasteiger partial charge is 0.263 e. The van der Waals surface area contributed by atoms with E-state index >= 15 is 0 Å². The quantitative estimate of drug-likeness (QED) is 0.570. The van der Waals surface area contributed by atoms with E-state index in [0.29, 0.717) is 29.3 Å². The number of hydrogen-bond donors (Lipinski definition) is 3. The number of H-pyrrole nitrogens is 2. The number of fused-ring (bicyclic) bond motifs is 1. The van der Waals surface area contributed by atoms with Crippen molar-refractivity contribution < 1.29 is 9.47 Å². The molecule has 0 bridgehead atoms. The minimum Gasteiger partial charge on any atom is -0.493 e. The summed E-state index contributed by atoms with van der Waals surface area (Å²) in [5.74, 6) is 1.87. The normalized spacial score (nSPS) is 10.8. The third-order valence-electron chi connectivity index (χ3n) is 3.70. The lowest BCUT2D eigenvalue weighted by Crippen LogP contribution is -2.13. The van der Waals surface area contributed by atoms with Gasteiger partial charge in [-0.2, -0.15) is 10.1 Å². The SMILES string of the molecule is COc1ccc(CCCNc2nc3[nH]ncc3c(=O)[nH]2)cc1OC. The zero-order chi connectivity index (χ0) is 16.9. The fourth-order valence-electron chi connectivity index (χ4n) is 2.46. The first-order chi connectivity index (χ1) is 11.7. The van der Waals surface area contributed by atoms with E-state index in [2.05, 4.69) is 25.5 Å². The molecule has 0 radical (unpaired) electrons. The van der Waals surface area contributed by atoms with Gasteiger partial charge in [-0.25, -0.2) is 0 Å². The Morgan fingerprint density at radius 1 is 1.21 bits per heavy atom. The highest BCUT2D eigenvalue weighted by Crippen LogP contribution is 2.27. The fraction of sp³-hybridized carbons (Fsp3) is 0.312. The average molecular weight is 329 g/mol. The van der Waals surface area contributed by atoms with Crippen molar-refractivity contribution in [2.24, 2.45) is 0 Å². The van der Waals surface area contributed by atoms with Gasteiger partial charge in [-0.15, -0.1) is 0 Å². The number of nitrogens with zero attached hydrogens (tertiary/aromatic N) is 2. The Morgan fingerprint density at radius 2 is 2.04 bits per heavy atom. The Morgan fingerprint density at radius 3 is 2.83 bits per heavy atom. The lowest BCUT2D eigenvalue weighted by Gasteiger charge is -2.10. The van der Waals surface area contributed by atoms with E-state index in [-0.39, 0.29) is 5.56 Å². The van der Waals surface area contributed by atoms with Crippen molar-refractivity contribution >= 4 is 17.0 Å². The molecular weight excluding hydrogens is 310 g/mol. The van der Waals surface area contributed by atoms with E-state index in [1.165, 1.54) is 6.20 Å². The molecule has 0 saturated heterocycles. The van der Waals surface area contributed by atoms with Crippen molar-refractivity contribution in [2.45, 2.75) is 12.8 Å². The van der Waals surface area contributed by atoms with Gasteiger partial charge >= 0.3 is 0 Å². The molecule has 24 heavy (non-hydrogen) atoms. The summed E-state index contributed by atoms with van der Waals surface area (Å²) in [6.45, 7) is 0.678. The lowest BCUT2D eigenvalue weighted by molar-refractivity contribution is 0.354. The highest BCUT2D eigenvalue weighted by molar-refractivity contribution is 5.73. The molecule has 2 aromatic heterocycles. The van der Waals surface area contributed by atoms with Crippen LogP contribution in [0.15, 0.2) is 29.2 Å². The molecule has 0 fully saturated rings. The Kier molecular flexibility index (Phi) is 4.64. The summed E-state index contributed by atoms with van der Waals surface area (Å²) in [6.07, 6.45) is 3.20. The fourth-order valence-corrected chi connectivity index (χ4v) is 2.46. The van der Waals surface area contributed by atoms with E-state index in [0.717, 1.165) is 24.2 Å². The van der Waals surface area contributed by atoms with Gasteiger partial charge in [0.05, 0.1) is 20.4 Å². The van der Waals surface area contributed by atoms with E-state index in [1.807, 2.05) is 18.2 Å². The van der Waals surface area contributed by atoms with E-state index in [4.69, 9.17) is 9.47 Å². The summed E-state index contributed by atoms with van der Waals surface area (Å²) in [5.41, 5.74) is 1.41. The van der Waals surface area contributed by atoms with Gasteiger partial charge in [0.2, 0.25) is 5.95 Å². The van der Waals surface area contributed by atoms with Crippen molar-refractivity contribution in [3.63, 3.8) is 0 Å². The molecule has 0 atom stereocenters. The van der Waals surface area contributed by atoms with Gasteiger partial charge in [0.1, 0.15) is 5.39 Å². The largest absolute Gasteiger partial charge is 0.493 e. The Labute approximate surface area is 138 Å². The zero-order valence-electron chi connectivity index (χ0n) is 13.5. The number of aryl methyl sites for hydroxylation is 1. The maximum atomic E-state index is 11.8. The molecule has 3 N–H and O–H groups in total. The van der Waals surface area contributed by atoms with Crippen LogP contribution < -0.4 is 20.3 Å².